The first-order valence-electron chi connectivity index (χ1n) is 11.8. The molecule has 1 aliphatic carbocycles. The summed E-state index contributed by atoms with van der Waals surface area (Å²) >= 11 is 0. The van der Waals surface area contributed by atoms with Crippen LogP contribution in [0.3, 0.4) is 0 Å². The largest absolute Gasteiger partial charge is 0.465 e. The molecule has 1 aromatic rings. The van der Waals surface area contributed by atoms with Crippen LogP contribution in [0.2, 0.25) is 0 Å². The Labute approximate surface area is 198 Å². The Hall–Kier alpha value is -2.21. The van der Waals surface area contributed by atoms with Gasteiger partial charge in [0.15, 0.2) is 5.78 Å². The highest BCUT2D eigenvalue weighted by Crippen LogP contribution is 2.47. The summed E-state index contributed by atoms with van der Waals surface area (Å²) in [5.74, 6) is -4.61. The Morgan fingerprint density at radius 2 is 1.48 bits per heavy atom. The fraction of sp³-hybridized carbons (Fsp3) is 0.667. The third kappa shape index (κ3) is 6.66. The van der Waals surface area contributed by atoms with Crippen LogP contribution in [0, 0.1) is 23.7 Å². The molecule has 4 atom stereocenters. The van der Waals surface area contributed by atoms with Crippen LogP contribution in [-0.4, -0.2) is 41.6 Å². The summed E-state index contributed by atoms with van der Waals surface area (Å²) in [5, 5.41) is 11.2. The highest BCUT2D eigenvalue weighted by molar-refractivity contribution is 6.02. The zero-order valence-corrected chi connectivity index (χ0v) is 21.3. The molecular weight excluding hydrogens is 420 g/mol. The maximum absolute atomic E-state index is 13.2. The molecule has 1 N–H and O–H groups in total. The molecule has 0 amide bonds. The number of esters is 2. The lowest BCUT2D eigenvalue weighted by molar-refractivity contribution is -0.173. The van der Waals surface area contributed by atoms with Crippen LogP contribution in [0.25, 0.3) is 0 Å². The third-order valence-electron chi connectivity index (χ3n) is 6.05. The van der Waals surface area contributed by atoms with E-state index in [2.05, 4.69) is 20.8 Å². The van der Waals surface area contributed by atoms with Gasteiger partial charge in [0.1, 0.15) is 5.92 Å². The number of Topliss-reactive ketones (excluding diaryl/α,β-unsaturated/α-hetero) is 1. The lowest BCUT2D eigenvalue weighted by Gasteiger charge is -2.43. The van der Waals surface area contributed by atoms with Gasteiger partial charge in [-0.15, -0.1) is 0 Å². The average molecular weight is 461 g/mol. The minimum Gasteiger partial charge on any atom is -0.465 e. The topological polar surface area (TPSA) is 89.9 Å². The molecule has 1 fully saturated rings. The maximum atomic E-state index is 13.2. The molecule has 33 heavy (non-hydrogen) atoms. The molecule has 0 spiro atoms. The van der Waals surface area contributed by atoms with Gasteiger partial charge in [0.2, 0.25) is 0 Å². The summed E-state index contributed by atoms with van der Waals surface area (Å²) in [6.45, 7) is 15.8. The van der Waals surface area contributed by atoms with E-state index >= 15 is 0 Å². The standard InChI is InChI=1S/C27H40O6/c1-16(2)14-32-24(29)22-20(28)13-27(8,31)23(25(30)33-15-17(3)4)21(22)18-9-11-19(12-10-18)26(5,6)7/h9-12,16-17,21-23,31H,13-15H2,1-8H3/t21-,22-,23+,27+/m1/s1. The fourth-order valence-electron chi connectivity index (χ4n) is 4.30. The molecule has 0 radical (unpaired) electrons. The van der Waals surface area contributed by atoms with Gasteiger partial charge in [0, 0.05) is 12.3 Å². The zero-order chi connectivity index (χ0) is 25.1. The first kappa shape index (κ1) is 27.0. The molecule has 0 bridgehead atoms. The van der Waals surface area contributed by atoms with Crippen molar-refractivity contribution in [3.63, 3.8) is 0 Å². The molecule has 0 heterocycles. The van der Waals surface area contributed by atoms with Crippen molar-refractivity contribution < 1.29 is 29.0 Å². The molecule has 2 rings (SSSR count). The predicted molar refractivity (Wildman–Crippen MR) is 127 cm³/mol. The normalized spacial score (nSPS) is 25.9. The Bertz CT molecular complexity index is 844. The van der Waals surface area contributed by atoms with E-state index in [4.69, 9.17) is 9.47 Å². The van der Waals surface area contributed by atoms with Crippen LogP contribution in [-0.2, 0) is 29.3 Å². The Morgan fingerprint density at radius 1 is 1.00 bits per heavy atom. The van der Waals surface area contributed by atoms with E-state index in [1.807, 2.05) is 52.0 Å². The zero-order valence-electron chi connectivity index (χ0n) is 21.3. The molecule has 0 saturated heterocycles. The second kappa shape index (κ2) is 10.4. The molecular formula is C27H40O6. The van der Waals surface area contributed by atoms with E-state index in [0.29, 0.717) is 5.56 Å². The number of benzene rings is 1. The molecule has 1 saturated carbocycles. The monoisotopic (exact) mass is 460 g/mol. The molecule has 0 aromatic heterocycles. The van der Waals surface area contributed by atoms with Gasteiger partial charge in [0.25, 0.3) is 0 Å². The van der Waals surface area contributed by atoms with E-state index in [1.165, 1.54) is 6.92 Å². The van der Waals surface area contributed by atoms with E-state index in [-0.39, 0.29) is 36.9 Å². The van der Waals surface area contributed by atoms with Gasteiger partial charge in [-0.1, -0.05) is 72.7 Å². The van der Waals surface area contributed by atoms with E-state index in [9.17, 15) is 19.5 Å². The van der Waals surface area contributed by atoms with Crippen molar-refractivity contribution in [2.45, 2.75) is 78.7 Å². The first-order valence-corrected chi connectivity index (χ1v) is 11.8. The number of carbonyl (C=O) groups excluding carboxylic acids is 3. The number of rotatable bonds is 7. The molecule has 0 unspecified atom stereocenters. The van der Waals surface area contributed by atoms with Crippen LogP contribution in [0.5, 0.6) is 0 Å². The van der Waals surface area contributed by atoms with Crippen molar-refractivity contribution in [3.05, 3.63) is 35.4 Å². The fourth-order valence-corrected chi connectivity index (χ4v) is 4.30. The van der Waals surface area contributed by atoms with Gasteiger partial charge in [0.05, 0.1) is 24.7 Å². The average Bonchev–Trinajstić information content (AvgIpc) is 2.68. The number of hydrogen-bond acceptors (Lipinski definition) is 6. The molecule has 6 nitrogen and oxygen atoms in total. The number of aliphatic hydroxyl groups is 1. The quantitative estimate of drug-likeness (QED) is 0.478. The number of carbonyl (C=O) groups is 3. The van der Waals surface area contributed by atoms with Crippen molar-refractivity contribution in [1.29, 1.82) is 0 Å². The van der Waals surface area contributed by atoms with Crippen LogP contribution < -0.4 is 0 Å². The van der Waals surface area contributed by atoms with E-state index in [1.54, 1.807) is 0 Å². The van der Waals surface area contributed by atoms with E-state index < -0.39 is 41.1 Å². The maximum Gasteiger partial charge on any atom is 0.317 e. The molecule has 6 heteroatoms. The Balaban J connectivity index is 2.56. The summed E-state index contributed by atoms with van der Waals surface area (Å²) in [4.78, 5) is 39.4. The molecule has 1 aliphatic rings. The Morgan fingerprint density at radius 3 is 1.94 bits per heavy atom. The van der Waals surface area contributed by atoms with Crippen LogP contribution in [0.1, 0.15) is 78.9 Å². The number of ether oxygens (including phenoxy) is 2. The van der Waals surface area contributed by atoms with Gasteiger partial charge in [-0.05, 0) is 35.3 Å². The van der Waals surface area contributed by atoms with Gasteiger partial charge in [-0.3, -0.25) is 14.4 Å². The van der Waals surface area contributed by atoms with Crippen molar-refractivity contribution in [2.24, 2.45) is 23.7 Å². The second-order valence-corrected chi connectivity index (χ2v) is 11.4. The van der Waals surface area contributed by atoms with Gasteiger partial charge in [-0.2, -0.15) is 0 Å². The van der Waals surface area contributed by atoms with E-state index in [0.717, 1.165) is 5.56 Å². The minimum atomic E-state index is -1.65. The number of hydrogen-bond donors (Lipinski definition) is 1. The Kier molecular flexibility index (Phi) is 8.50. The SMILES string of the molecule is CC(C)COC(=O)[C@@H]1C(=O)C[C@](C)(O)[C@H](C(=O)OCC(C)C)[C@@H]1c1ccc(C(C)(C)C)cc1. The number of ketones is 1. The third-order valence-corrected chi connectivity index (χ3v) is 6.05. The molecule has 0 aliphatic heterocycles. The summed E-state index contributed by atoms with van der Waals surface area (Å²) < 4.78 is 11.0. The van der Waals surface area contributed by atoms with Gasteiger partial charge < -0.3 is 14.6 Å². The molecule has 1 aromatic carbocycles. The van der Waals surface area contributed by atoms with Crippen LogP contribution >= 0.6 is 0 Å². The lowest BCUT2D eigenvalue weighted by Crippen LogP contribution is -2.55. The lowest BCUT2D eigenvalue weighted by atomic mass is 9.61. The summed E-state index contributed by atoms with van der Waals surface area (Å²) in [5.41, 5.74) is -0.0161. The summed E-state index contributed by atoms with van der Waals surface area (Å²) in [7, 11) is 0. The summed E-state index contributed by atoms with van der Waals surface area (Å²) in [6, 6.07) is 7.56. The van der Waals surface area contributed by atoms with Crippen molar-refractivity contribution in [3.8, 4) is 0 Å². The van der Waals surface area contributed by atoms with Gasteiger partial charge >= 0.3 is 11.9 Å². The highest BCUT2D eigenvalue weighted by atomic mass is 16.5. The van der Waals surface area contributed by atoms with Crippen LogP contribution in [0.15, 0.2) is 24.3 Å². The minimum absolute atomic E-state index is 0.0857. The second-order valence-electron chi connectivity index (χ2n) is 11.4. The first-order chi connectivity index (χ1) is 15.1. The van der Waals surface area contributed by atoms with Crippen LogP contribution in [0.4, 0.5) is 0 Å². The van der Waals surface area contributed by atoms with Crippen molar-refractivity contribution in [1.82, 2.24) is 0 Å². The molecule has 184 valence electrons. The van der Waals surface area contributed by atoms with Crippen molar-refractivity contribution in [2.75, 3.05) is 13.2 Å². The van der Waals surface area contributed by atoms with Gasteiger partial charge in [-0.25, -0.2) is 0 Å². The summed E-state index contributed by atoms with van der Waals surface area (Å²) in [6.07, 6.45) is -0.313. The predicted octanol–water partition coefficient (Wildman–Crippen LogP) is 4.42. The smallest absolute Gasteiger partial charge is 0.317 e. The van der Waals surface area contributed by atoms with Crippen molar-refractivity contribution >= 4 is 17.7 Å². The highest BCUT2D eigenvalue weighted by Gasteiger charge is 2.57.